The first-order valence-corrected chi connectivity index (χ1v) is 9.88. The highest BCUT2D eigenvalue weighted by Gasteiger charge is 2.15. The van der Waals surface area contributed by atoms with E-state index in [1.807, 2.05) is 25.4 Å². The lowest BCUT2D eigenvalue weighted by Gasteiger charge is -2.27. The van der Waals surface area contributed by atoms with Crippen LogP contribution in [0.3, 0.4) is 0 Å². The standard InChI is InChI=1S/C23H25N5O/c1-3-28-11-9-17-12-21(6-4-19(17)16-28)26-23(29)7-5-18-13-24-10-8-22(18)20-14-25-27(2)15-20/h4-8,10,12-15H,3,9,11,16H2,1-2H3,(H,26,29). The number of nitrogens with zero attached hydrogens (tertiary/aromatic N) is 4. The van der Waals surface area contributed by atoms with Gasteiger partial charge in [-0.15, -0.1) is 0 Å². The van der Waals surface area contributed by atoms with Gasteiger partial charge in [-0.1, -0.05) is 13.0 Å². The molecule has 2 aromatic heterocycles. The second-order valence-electron chi connectivity index (χ2n) is 7.29. The van der Waals surface area contributed by atoms with E-state index in [0.717, 1.165) is 48.4 Å². The molecule has 0 saturated heterocycles. The van der Waals surface area contributed by atoms with E-state index in [9.17, 15) is 4.79 Å². The average molecular weight is 387 g/mol. The number of anilines is 1. The predicted octanol–water partition coefficient (Wildman–Crippen LogP) is 3.51. The molecule has 29 heavy (non-hydrogen) atoms. The summed E-state index contributed by atoms with van der Waals surface area (Å²) in [4.78, 5) is 19.1. The van der Waals surface area contributed by atoms with E-state index in [-0.39, 0.29) is 5.91 Å². The summed E-state index contributed by atoms with van der Waals surface area (Å²) in [6, 6.07) is 8.13. The fourth-order valence-electron chi connectivity index (χ4n) is 3.67. The van der Waals surface area contributed by atoms with Crippen molar-refractivity contribution in [1.29, 1.82) is 0 Å². The Bertz CT molecular complexity index is 1050. The largest absolute Gasteiger partial charge is 0.323 e. The second-order valence-corrected chi connectivity index (χ2v) is 7.29. The smallest absolute Gasteiger partial charge is 0.248 e. The first-order valence-electron chi connectivity index (χ1n) is 9.88. The van der Waals surface area contributed by atoms with Crippen LogP contribution in [0.2, 0.25) is 0 Å². The highest BCUT2D eigenvalue weighted by atomic mass is 16.1. The normalized spacial score (nSPS) is 14.1. The van der Waals surface area contributed by atoms with Crippen molar-refractivity contribution >= 4 is 17.7 Å². The fraction of sp³-hybridized carbons (Fsp3) is 0.261. The van der Waals surface area contributed by atoms with Gasteiger partial charge in [0.25, 0.3) is 0 Å². The van der Waals surface area contributed by atoms with Gasteiger partial charge in [0, 0.05) is 61.6 Å². The maximum atomic E-state index is 12.5. The Morgan fingerprint density at radius 2 is 2.14 bits per heavy atom. The molecule has 0 unspecified atom stereocenters. The van der Waals surface area contributed by atoms with Crippen molar-refractivity contribution in [2.24, 2.45) is 7.05 Å². The molecule has 1 amide bonds. The topological polar surface area (TPSA) is 63.1 Å². The molecule has 3 aromatic rings. The molecule has 6 heteroatoms. The van der Waals surface area contributed by atoms with Gasteiger partial charge in [0.05, 0.1) is 6.20 Å². The molecule has 0 saturated carbocycles. The fourth-order valence-corrected chi connectivity index (χ4v) is 3.67. The molecular weight excluding hydrogens is 362 g/mol. The van der Waals surface area contributed by atoms with Crippen molar-refractivity contribution in [1.82, 2.24) is 19.7 Å². The van der Waals surface area contributed by atoms with Crippen LogP contribution in [0.4, 0.5) is 5.69 Å². The number of hydrogen-bond donors (Lipinski definition) is 1. The summed E-state index contributed by atoms with van der Waals surface area (Å²) < 4.78 is 1.76. The van der Waals surface area contributed by atoms with Crippen molar-refractivity contribution in [2.75, 3.05) is 18.4 Å². The number of nitrogens with one attached hydrogen (secondary N) is 1. The molecule has 1 aliphatic heterocycles. The van der Waals surface area contributed by atoms with E-state index in [1.165, 1.54) is 11.1 Å². The molecule has 1 aromatic carbocycles. The van der Waals surface area contributed by atoms with Gasteiger partial charge in [0.2, 0.25) is 5.91 Å². The number of benzene rings is 1. The highest BCUT2D eigenvalue weighted by Crippen LogP contribution is 2.24. The van der Waals surface area contributed by atoms with E-state index < -0.39 is 0 Å². The number of aromatic nitrogens is 3. The second kappa shape index (κ2) is 8.41. The van der Waals surface area contributed by atoms with Crippen LogP contribution in [0, 0.1) is 0 Å². The highest BCUT2D eigenvalue weighted by molar-refractivity contribution is 6.02. The summed E-state index contributed by atoms with van der Waals surface area (Å²) >= 11 is 0. The zero-order valence-corrected chi connectivity index (χ0v) is 16.8. The summed E-state index contributed by atoms with van der Waals surface area (Å²) in [6.45, 7) is 5.31. The van der Waals surface area contributed by atoms with Crippen molar-refractivity contribution < 1.29 is 4.79 Å². The van der Waals surface area contributed by atoms with Crippen LogP contribution < -0.4 is 5.32 Å². The van der Waals surface area contributed by atoms with Gasteiger partial charge in [0.1, 0.15) is 0 Å². The van der Waals surface area contributed by atoms with Crippen molar-refractivity contribution in [2.45, 2.75) is 19.9 Å². The van der Waals surface area contributed by atoms with Gasteiger partial charge in [-0.25, -0.2) is 0 Å². The molecule has 0 fully saturated rings. The lowest BCUT2D eigenvalue weighted by molar-refractivity contribution is -0.111. The maximum Gasteiger partial charge on any atom is 0.248 e. The third kappa shape index (κ3) is 4.43. The van der Waals surface area contributed by atoms with Gasteiger partial charge in [0.15, 0.2) is 0 Å². The minimum Gasteiger partial charge on any atom is -0.323 e. The third-order valence-corrected chi connectivity index (χ3v) is 5.29. The Balaban J connectivity index is 1.46. The Hall–Kier alpha value is -3.25. The van der Waals surface area contributed by atoms with E-state index in [2.05, 4.69) is 39.4 Å². The first-order chi connectivity index (χ1) is 14.1. The summed E-state index contributed by atoms with van der Waals surface area (Å²) in [5, 5.41) is 7.19. The van der Waals surface area contributed by atoms with Gasteiger partial charge in [-0.3, -0.25) is 19.4 Å². The molecule has 6 nitrogen and oxygen atoms in total. The van der Waals surface area contributed by atoms with Crippen LogP contribution >= 0.6 is 0 Å². The molecular formula is C23H25N5O. The molecule has 3 heterocycles. The summed E-state index contributed by atoms with van der Waals surface area (Å²) in [6.07, 6.45) is 11.6. The van der Waals surface area contributed by atoms with Crippen molar-refractivity contribution in [3.8, 4) is 11.1 Å². The third-order valence-electron chi connectivity index (χ3n) is 5.29. The van der Waals surface area contributed by atoms with Gasteiger partial charge >= 0.3 is 0 Å². The first kappa shape index (κ1) is 19.1. The number of aryl methyl sites for hydroxylation is 1. The molecule has 1 aliphatic rings. The van der Waals surface area contributed by atoms with E-state index in [0.29, 0.717) is 0 Å². The van der Waals surface area contributed by atoms with Crippen LogP contribution in [-0.4, -0.2) is 38.7 Å². The van der Waals surface area contributed by atoms with E-state index in [4.69, 9.17) is 0 Å². The number of carbonyl (C=O) groups is 1. The number of carbonyl (C=O) groups excluding carboxylic acids is 1. The maximum absolute atomic E-state index is 12.5. The van der Waals surface area contributed by atoms with Gasteiger partial charge in [-0.2, -0.15) is 5.10 Å². The number of amides is 1. The summed E-state index contributed by atoms with van der Waals surface area (Å²) in [7, 11) is 1.88. The van der Waals surface area contributed by atoms with E-state index >= 15 is 0 Å². The Morgan fingerprint density at radius 1 is 1.24 bits per heavy atom. The number of hydrogen-bond acceptors (Lipinski definition) is 4. The molecule has 0 aliphatic carbocycles. The van der Waals surface area contributed by atoms with Crippen LogP contribution in [0.15, 0.2) is 55.1 Å². The van der Waals surface area contributed by atoms with Crippen LogP contribution in [0.5, 0.6) is 0 Å². The number of pyridine rings is 1. The van der Waals surface area contributed by atoms with E-state index in [1.54, 1.807) is 35.4 Å². The molecule has 4 rings (SSSR count). The lowest BCUT2D eigenvalue weighted by Crippen LogP contribution is -2.30. The predicted molar refractivity (Wildman–Crippen MR) is 115 cm³/mol. The summed E-state index contributed by atoms with van der Waals surface area (Å²) in [5.74, 6) is -0.156. The Kier molecular flexibility index (Phi) is 5.53. The number of fused-ring (bicyclic) bond motifs is 1. The summed E-state index contributed by atoms with van der Waals surface area (Å²) in [5.41, 5.74) is 6.37. The monoisotopic (exact) mass is 387 g/mol. The molecule has 0 bridgehead atoms. The van der Waals surface area contributed by atoms with Crippen LogP contribution in [0.1, 0.15) is 23.6 Å². The quantitative estimate of drug-likeness (QED) is 0.681. The van der Waals surface area contributed by atoms with Gasteiger partial charge < -0.3 is 5.32 Å². The molecule has 0 spiro atoms. The molecule has 0 atom stereocenters. The number of rotatable bonds is 5. The van der Waals surface area contributed by atoms with Crippen molar-refractivity contribution in [3.63, 3.8) is 0 Å². The average Bonchev–Trinajstić information content (AvgIpc) is 3.18. The number of likely N-dealkylation sites (N-methyl/N-ethyl adjacent to an activating group) is 1. The molecule has 1 N–H and O–H groups in total. The minimum absolute atomic E-state index is 0.156. The zero-order chi connectivity index (χ0) is 20.2. The van der Waals surface area contributed by atoms with Crippen LogP contribution in [-0.2, 0) is 24.8 Å². The minimum atomic E-state index is -0.156. The molecule has 148 valence electrons. The lowest BCUT2D eigenvalue weighted by atomic mass is 9.99. The van der Waals surface area contributed by atoms with Crippen LogP contribution in [0.25, 0.3) is 17.2 Å². The zero-order valence-electron chi connectivity index (χ0n) is 16.8. The Morgan fingerprint density at radius 3 is 2.93 bits per heavy atom. The van der Waals surface area contributed by atoms with Gasteiger partial charge in [-0.05, 0) is 53.9 Å². The Labute approximate surface area is 170 Å². The van der Waals surface area contributed by atoms with Crippen molar-refractivity contribution in [3.05, 3.63) is 71.8 Å². The SMILES string of the molecule is CCN1CCc2cc(NC(=O)C=Cc3cnccc3-c3cnn(C)c3)ccc2C1. The molecule has 0 radical (unpaired) electrons.